The summed E-state index contributed by atoms with van der Waals surface area (Å²) in [7, 11) is 0. The van der Waals surface area contributed by atoms with E-state index in [0.29, 0.717) is 38.3 Å². The second kappa shape index (κ2) is 12.3. The fraction of sp³-hybridized carbons (Fsp3) is 1.00. The van der Waals surface area contributed by atoms with E-state index in [1.165, 1.54) is 0 Å². The van der Waals surface area contributed by atoms with E-state index in [-0.39, 0.29) is 6.29 Å². The van der Waals surface area contributed by atoms with Crippen molar-refractivity contribution in [2.24, 2.45) is 11.8 Å². The minimum atomic E-state index is -0.486. The van der Waals surface area contributed by atoms with E-state index in [4.69, 9.17) is 18.9 Å². The van der Waals surface area contributed by atoms with Crippen molar-refractivity contribution in [3.05, 3.63) is 0 Å². The number of hydrogen-bond donors (Lipinski definition) is 0. The lowest BCUT2D eigenvalue weighted by Gasteiger charge is -2.37. The molecule has 22 heavy (non-hydrogen) atoms. The fourth-order valence-electron chi connectivity index (χ4n) is 3.01. The van der Waals surface area contributed by atoms with E-state index in [1.807, 2.05) is 27.7 Å². The zero-order valence-corrected chi connectivity index (χ0v) is 15.8. The van der Waals surface area contributed by atoms with Gasteiger partial charge in [-0.3, -0.25) is 0 Å². The molecule has 0 aliphatic carbocycles. The van der Waals surface area contributed by atoms with Crippen molar-refractivity contribution in [1.29, 1.82) is 0 Å². The van der Waals surface area contributed by atoms with Crippen molar-refractivity contribution < 1.29 is 18.9 Å². The molecule has 1 atom stereocenters. The van der Waals surface area contributed by atoms with Gasteiger partial charge in [0.05, 0.1) is 0 Å². The maximum Gasteiger partial charge on any atom is 0.168 e. The lowest BCUT2D eigenvalue weighted by molar-refractivity contribution is -0.253. The van der Waals surface area contributed by atoms with E-state index >= 15 is 0 Å². The second-order valence-corrected chi connectivity index (χ2v) is 6.26. The van der Waals surface area contributed by atoms with Crippen LogP contribution < -0.4 is 0 Å². The van der Waals surface area contributed by atoms with Gasteiger partial charge in [-0.15, -0.1) is 0 Å². The minimum absolute atomic E-state index is 0.134. The SMILES string of the molecule is CCOC(C[C@H](C)CC(CC(C)C)(OCC)OCC)OCC. The maximum atomic E-state index is 6.05. The molecule has 0 aromatic heterocycles. The Morgan fingerprint density at radius 3 is 1.59 bits per heavy atom. The van der Waals surface area contributed by atoms with E-state index in [1.54, 1.807) is 0 Å². The predicted octanol–water partition coefficient (Wildman–Crippen LogP) is 4.62. The summed E-state index contributed by atoms with van der Waals surface area (Å²) in [5, 5.41) is 0. The number of rotatable bonds is 14. The molecule has 0 amide bonds. The Balaban J connectivity index is 4.78. The van der Waals surface area contributed by atoms with Gasteiger partial charge in [0.1, 0.15) is 0 Å². The van der Waals surface area contributed by atoms with Crippen LogP contribution in [0.5, 0.6) is 0 Å². The number of ether oxygens (including phenoxy) is 4. The third kappa shape index (κ3) is 9.09. The van der Waals surface area contributed by atoms with E-state index in [0.717, 1.165) is 19.3 Å². The Hall–Kier alpha value is -0.160. The van der Waals surface area contributed by atoms with Crippen LogP contribution in [0.3, 0.4) is 0 Å². The van der Waals surface area contributed by atoms with Gasteiger partial charge in [0.2, 0.25) is 0 Å². The average molecular weight is 318 g/mol. The number of hydrogen-bond acceptors (Lipinski definition) is 4. The van der Waals surface area contributed by atoms with Crippen LogP contribution >= 0.6 is 0 Å². The van der Waals surface area contributed by atoms with Crippen LogP contribution in [0.25, 0.3) is 0 Å². The zero-order valence-electron chi connectivity index (χ0n) is 15.8. The summed E-state index contributed by atoms with van der Waals surface area (Å²) in [6, 6.07) is 0. The first kappa shape index (κ1) is 21.8. The Bertz CT molecular complexity index is 243. The predicted molar refractivity (Wildman–Crippen MR) is 90.9 cm³/mol. The Kier molecular flexibility index (Phi) is 12.2. The van der Waals surface area contributed by atoms with Gasteiger partial charge in [0.15, 0.2) is 12.1 Å². The van der Waals surface area contributed by atoms with E-state index < -0.39 is 5.79 Å². The fourth-order valence-corrected chi connectivity index (χ4v) is 3.01. The van der Waals surface area contributed by atoms with Crippen molar-refractivity contribution in [1.82, 2.24) is 0 Å². The van der Waals surface area contributed by atoms with Gasteiger partial charge in [-0.1, -0.05) is 20.8 Å². The van der Waals surface area contributed by atoms with Gasteiger partial charge in [0, 0.05) is 45.7 Å². The van der Waals surface area contributed by atoms with Gasteiger partial charge < -0.3 is 18.9 Å². The van der Waals surface area contributed by atoms with Gasteiger partial charge in [-0.2, -0.15) is 0 Å². The highest BCUT2D eigenvalue weighted by Gasteiger charge is 2.34. The molecule has 0 saturated carbocycles. The summed E-state index contributed by atoms with van der Waals surface area (Å²) in [4.78, 5) is 0. The lowest BCUT2D eigenvalue weighted by atomic mass is 9.91. The topological polar surface area (TPSA) is 36.9 Å². The summed E-state index contributed by atoms with van der Waals surface area (Å²) < 4.78 is 23.4. The van der Waals surface area contributed by atoms with Gasteiger partial charge in [0.25, 0.3) is 0 Å². The largest absolute Gasteiger partial charge is 0.353 e. The van der Waals surface area contributed by atoms with Crippen LogP contribution in [0.2, 0.25) is 0 Å². The van der Waals surface area contributed by atoms with Crippen LogP contribution in [0.15, 0.2) is 0 Å². The first-order valence-electron chi connectivity index (χ1n) is 8.93. The zero-order chi connectivity index (χ0) is 17.0. The van der Waals surface area contributed by atoms with Crippen molar-refractivity contribution in [2.45, 2.75) is 79.8 Å². The minimum Gasteiger partial charge on any atom is -0.353 e. The van der Waals surface area contributed by atoms with Crippen molar-refractivity contribution in [3.8, 4) is 0 Å². The smallest absolute Gasteiger partial charge is 0.168 e. The van der Waals surface area contributed by atoms with Crippen molar-refractivity contribution in [2.75, 3.05) is 26.4 Å². The summed E-state index contributed by atoms with van der Waals surface area (Å²) in [5.74, 6) is 0.444. The summed E-state index contributed by atoms with van der Waals surface area (Å²) in [6.07, 6.45) is 2.50. The molecular formula is C18H38O4. The second-order valence-electron chi connectivity index (χ2n) is 6.26. The van der Waals surface area contributed by atoms with Crippen LogP contribution in [0.4, 0.5) is 0 Å². The van der Waals surface area contributed by atoms with Gasteiger partial charge in [-0.25, -0.2) is 0 Å². The molecule has 0 aliphatic rings. The molecule has 0 fully saturated rings. The van der Waals surface area contributed by atoms with Crippen LogP contribution in [-0.4, -0.2) is 38.5 Å². The van der Waals surface area contributed by atoms with E-state index in [2.05, 4.69) is 20.8 Å². The molecule has 0 aromatic carbocycles. The highest BCUT2D eigenvalue weighted by molar-refractivity contribution is 4.76. The third-order valence-electron chi connectivity index (χ3n) is 3.49. The van der Waals surface area contributed by atoms with Crippen LogP contribution in [-0.2, 0) is 18.9 Å². The molecule has 0 bridgehead atoms. The third-order valence-corrected chi connectivity index (χ3v) is 3.49. The lowest BCUT2D eigenvalue weighted by Crippen LogP contribution is -2.40. The molecule has 0 heterocycles. The molecule has 0 spiro atoms. The standard InChI is InChI=1S/C18H38O4/c1-8-19-17(20-9-2)12-16(7)14-18(21-10-3,22-11-4)13-15(5)6/h15-17H,8-14H2,1-7H3/t16-/m0/s1. The molecule has 4 heteroatoms. The van der Waals surface area contributed by atoms with Gasteiger partial charge >= 0.3 is 0 Å². The molecular weight excluding hydrogens is 280 g/mol. The summed E-state index contributed by atoms with van der Waals surface area (Å²) in [6.45, 7) is 17.4. The highest BCUT2D eigenvalue weighted by Crippen LogP contribution is 2.32. The monoisotopic (exact) mass is 318 g/mol. The molecule has 134 valence electrons. The maximum absolute atomic E-state index is 6.05. The Labute approximate surface area is 137 Å². The summed E-state index contributed by atoms with van der Waals surface area (Å²) in [5.41, 5.74) is 0. The molecule has 0 N–H and O–H groups in total. The Morgan fingerprint density at radius 1 is 0.727 bits per heavy atom. The first-order valence-corrected chi connectivity index (χ1v) is 8.93. The Morgan fingerprint density at radius 2 is 1.23 bits per heavy atom. The highest BCUT2D eigenvalue weighted by atomic mass is 16.7. The molecule has 0 unspecified atom stereocenters. The van der Waals surface area contributed by atoms with Gasteiger partial charge in [-0.05, 0) is 39.5 Å². The first-order chi connectivity index (χ1) is 10.4. The van der Waals surface area contributed by atoms with Crippen molar-refractivity contribution >= 4 is 0 Å². The van der Waals surface area contributed by atoms with Crippen LogP contribution in [0, 0.1) is 11.8 Å². The molecule has 0 saturated heterocycles. The molecule has 0 aromatic rings. The van der Waals surface area contributed by atoms with E-state index in [9.17, 15) is 0 Å². The molecule has 0 rings (SSSR count). The molecule has 0 radical (unpaired) electrons. The average Bonchev–Trinajstić information content (AvgIpc) is 2.38. The molecule has 0 aliphatic heterocycles. The summed E-state index contributed by atoms with van der Waals surface area (Å²) >= 11 is 0. The quantitative estimate of drug-likeness (QED) is 0.438. The molecule has 4 nitrogen and oxygen atoms in total. The van der Waals surface area contributed by atoms with Crippen LogP contribution in [0.1, 0.15) is 67.7 Å². The normalized spacial score (nSPS) is 14.0. The van der Waals surface area contributed by atoms with Crippen molar-refractivity contribution in [3.63, 3.8) is 0 Å².